The molecule has 0 bridgehead atoms. The van der Waals surface area contributed by atoms with Gasteiger partial charge in [-0.25, -0.2) is 8.42 Å². The minimum absolute atomic E-state index is 0.0217. The topological polar surface area (TPSA) is 102 Å². The number of nitrogens with zero attached hydrogens (tertiary/aromatic N) is 2. The summed E-state index contributed by atoms with van der Waals surface area (Å²) in [5, 5.41) is 8.17. The molecule has 0 saturated heterocycles. The van der Waals surface area contributed by atoms with Gasteiger partial charge in [0.05, 0.1) is 12.0 Å². The predicted molar refractivity (Wildman–Crippen MR) is 99.7 cm³/mol. The van der Waals surface area contributed by atoms with Gasteiger partial charge in [-0.15, -0.1) is 10.2 Å². The van der Waals surface area contributed by atoms with Crippen LogP contribution in [-0.4, -0.2) is 36.4 Å². The molecule has 0 aliphatic rings. The van der Waals surface area contributed by atoms with E-state index in [0.717, 1.165) is 6.26 Å². The normalized spacial score (nSPS) is 11.3. The number of ketones is 1. The fraction of sp³-hybridized carbons (Fsp3) is 0.118. The zero-order chi connectivity index (χ0) is 18.6. The van der Waals surface area contributed by atoms with Crippen molar-refractivity contribution in [2.24, 2.45) is 0 Å². The highest BCUT2D eigenvalue weighted by Crippen LogP contribution is 2.25. The second kappa shape index (κ2) is 7.71. The van der Waals surface area contributed by atoms with Gasteiger partial charge in [-0.2, -0.15) is 0 Å². The van der Waals surface area contributed by atoms with Gasteiger partial charge in [-0.05, 0) is 24.3 Å². The molecule has 0 aliphatic carbocycles. The Balaban J connectivity index is 1.63. The van der Waals surface area contributed by atoms with Crippen LogP contribution < -0.4 is 4.72 Å². The highest BCUT2D eigenvalue weighted by molar-refractivity contribution is 7.99. The van der Waals surface area contributed by atoms with Crippen LogP contribution in [0.15, 0.2) is 64.2 Å². The third kappa shape index (κ3) is 4.93. The Morgan fingerprint density at radius 2 is 1.77 bits per heavy atom. The fourth-order valence-electron chi connectivity index (χ4n) is 2.11. The molecule has 0 amide bonds. The molecule has 1 N–H and O–H groups in total. The van der Waals surface area contributed by atoms with Gasteiger partial charge in [-0.1, -0.05) is 42.1 Å². The number of benzene rings is 2. The summed E-state index contributed by atoms with van der Waals surface area (Å²) < 4.78 is 30.3. The summed E-state index contributed by atoms with van der Waals surface area (Å²) in [6.07, 6.45) is 1.08. The molecule has 9 heteroatoms. The summed E-state index contributed by atoms with van der Waals surface area (Å²) in [6, 6.07) is 15.5. The first-order valence-corrected chi connectivity index (χ1v) is 10.4. The van der Waals surface area contributed by atoms with Crippen LogP contribution in [0.4, 0.5) is 5.69 Å². The van der Waals surface area contributed by atoms with Crippen LogP contribution in [0.1, 0.15) is 10.4 Å². The summed E-state index contributed by atoms with van der Waals surface area (Å²) >= 11 is 1.17. The van der Waals surface area contributed by atoms with Crippen LogP contribution in [0.5, 0.6) is 0 Å². The van der Waals surface area contributed by atoms with E-state index in [1.807, 2.05) is 18.2 Å². The van der Waals surface area contributed by atoms with Gasteiger partial charge in [0, 0.05) is 16.8 Å². The molecule has 134 valence electrons. The Kier molecular flexibility index (Phi) is 5.38. The SMILES string of the molecule is CS(=O)(=O)Nc1ccc(-c2nnc(SCC(=O)c3ccccc3)o2)cc1. The van der Waals surface area contributed by atoms with Gasteiger partial charge >= 0.3 is 0 Å². The van der Waals surface area contributed by atoms with Crippen LogP contribution in [0.25, 0.3) is 11.5 Å². The number of sulfonamides is 1. The molecule has 3 aromatic rings. The molecule has 0 atom stereocenters. The Morgan fingerprint density at radius 3 is 2.42 bits per heavy atom. The van der Waals surface area contributed by atoms with Crippen molar-refractivity contribution in [3.8, 4) is 11.5 Å². The number of carbonyl (C=O) groups is 1. The van der Waals surface area contributed by atoms with Gasteiger partial charge in [0.15, 0.2) is 5.78 Å². The number of carbonyl (C=O) groups excluding carboxylic acids is 1. The Labute approximate surface area is 154 Å². The van der Waals surface area contributed by atoms with Crippen LogP contribution >= 0.6 is 11.8 Å². The highest BCUT2D eigenvalue weighted by Gasteiger charge is 2.12. The summed E-state index contributed by atoms with van der Waals surface area (Å²) in [6.45, 7) is 0. The van der Waals surface area contributed by atoms with Crippen molar-refractivity contribution < 1.29 is 17.6 Å². The van der Waals surface area contributed by atoms with Crippen molar-refractivity contribution in [3.63, 3.8) is 0 Å². The molecule has 0 spiro atoms. The first-order valence-electron chi connectivity index (χ1n) is 7.53. The lowest BCUT2D eigenvalue weighted by molar-refractivity contribution is 0.102. The van der Waals surface area contributed by atoms with E-state index in [0.29, 0.717) is 27.9 Å². The van der Waals surface area contributed by atoms with E-state index in [-0.39, 0.29) is 11.5 Å². The first kappa shape index (κ1) is 18.2. The van der Waals surface area contributed by atoms with Crippen molar-refractivity contribution >= 4 is 33.3 Å². The number of rotatable bonds is 7. The van der Waals surface area contributed by atoms with E-state index in [9.17, 15) is 13.2 Å². The number of hydrogen-bond donors (Lipinski definition) is 1. The van der Waals surface area contributed by atoms with Crippen LogP contribution in [0, 0.1) is 0 Å². The van der Waals surface area contributed by atoms with Crippen LogP contribution in [-0.2, 0) is 10.0 Å². The average Bonchev–Trinajstić information content (AvgIpc) is 3.09. The summed E-state index contributed by atoms with van der Waals surface area (Å²) in [5.41, 5.74) is 1.73. The number of hydrogen-bond acceptors (Lipinski definition) is 7. The average molecular weight is 389 g/mol. The predicted octanol–water partition coefficient (Wildman–Crippen LogP) is 3.08. The third-order valence-electron chi connectivity index (χ3n) is 3.26. The molecule has 1 heterocycles. The maximum atomic E-state index is 12.1. The molecule has 2 aromatic carbocycles. The van der Waals surface area contributed by atoms with Crippen molar-refractivity contribution in [2.45, 2.75) is 5.22 Å². The molecule has 0 unspecified atom stereocenters. The quantitative estimate of drug-likeness (QED) is 0.489. The summed E-state index contributed by atoms with van der Waals surface area (Å²) in [5.74, 6) is 0.472. The highest BCUT2D eigenvalue weighted by atomic mass is 32.2. The smallest absolute Gasteiger partial charge is 0.277 e. The Hall–Kier alpha value is -2.65. The second-order valence-corrected chi connectivity index (χ2v) is 8.08. The van der Waals surface area contributed by atoms with Gasteiger partial charge in [0.25, 0.3) is 5.22 Å². The lowest BCUT2D eigenvalue weighted by Gasteiger charge is -2.03. The molecule has 0 aliphatic heterocycles. The van der Waals surface area contributed by atoms with Gasteiger partial charge < -0.3 is 4.42 Å². The van der Waals surface area contributed by atoms with Crippen molar-refractivity contribution in [1.29, 1.82) is 0 Å². The van der Waals surface area contributed by atoms with Gasteiger partial charge in [-0.3, -0.25) is 9.52 Å². The van der Waals surface area contributed by atoms with Crippen molar-refractivity contribution in [1.82, 2.24) is 10.2 Å². The molecular weight excluding hydrogens is 374 g/mol. The van der Waals surface area contributed by atoms with Crippen molar-refractivity contribution in [3.05, 3.63) is 60.2 Å². The molecule has 26 heavy (non-hydrogen) atoms. The first-order chi connectivity index (χ1) is 12.4. The maximum absolute atomic E-state index is 12.1. The minimum atomic E-state index is -3.33. The fourth-order valence-corrected chi connectivity index (χ4v) is 3.34. The summed E-state index contributed by atoms with van der Waals surface area (Å²) in [7, 11) is -3.33. The molecule has 0 radical (unpaired) electrons. The van der Waals surface area contributed by atoms with E-state index in [1.54, 1.807) is 36.4 Å². The van der Waals surface area contributed by atoms with E-state index < -0.39 is 10.0 Å². The van der Waals surface area contributed by atoms with E-state index in [2.05, 4.69) is 14.9 Å². The number of Topliss-reactive ketones (excluding diaryl/α,β-unsaturated/α-hetero) is 1. The largest absolute Gasteiger partial charge is 0.411 e. The monoisotopic (exact) mass is 389 g/mol. The Bertz CT molecular complexity index is 1000. The van der Waals surface area contributed by atoms with Crippen LogP contribution in [0.3, 0.4) is 0 Å². The van der Waals surface area contributed by atoms with Crippen LogP contribution in [0.2, 0.25) is 0 Å². The number of aromatic nitrogens is 2. The molecule has 1 aromatic heterocycles. The molecule has 7 nitrogen and oxygen atoms in total. The zero-order valence-electron chi connectivity index (χ0n) is 13.7. The molecule has 0 saturated carbocycles. The minimum Gasteiger partial charge on any atom is -0.411 e. The van der Waals surface area contributed by atoms with Gasteiger partial charge in [0.2, 0.25) is 15.9 Å². The van der Waals surface area contributed by atoms with Crippen molar-refractivity contribution in [2.75, 3.05) is 16.7 Å². The summed E-state index contributed by atoms with van der Waals surface area (Å²) in [4.78, 5) is 12.1. The third-order valence-corrected chi connectivity index (χ3v) is 4.69. The van der Waals surface area contributed by atoms with Gasteiger partial charge in [0.1, 0.15) is 0 Å². The molecule has 0 fully saturated rings. The second-order valence-electron chi connectivity index (χ2n) is 5.40. The number of anilines is 1. The standard InChI is InChI=1S/C17H15N3O4S2/c1-26(22,23)20-14-9-7-13(8-10-14)16-18-19-17(24-16)25-11-15(21)12-5-3-2-4-6-12/h2-10,20H,11H2,1H3. The Morgan fingerprint density at radius 1 is 1.08 bits per heavy atom. The molecular formula is C17H15N3O4S2. The van der Waals surface area contributed by atoms with E-state index >= 15 is 0 Å². The number of nitrogens with one attached hydrogen (secondary N) is 1. The van der Waals surface area contributed by atoms with E-state index in [1.165, 1.54) is 11.8 Å². The number of thioether (sulfide) groups is 1. The van der Waals surface area contributed by atoms with E-state index in [4.69, 9.17) is 4.42 Å². The zero-order valence-corrected chi connectivity index (χ0v) is 15.4. The lowest BCUT2D eigenvalue weighted by atomic mass is 10.2. The maximum Gasteiger partial charge on any atom is 0.277 e. The lowest BCUT2D eigenvalue weighted by Crippen LogP contribution is -2.09. The molecule has 3 rings (SSSR count).